The Kier molecular flexibility index (Phi) is 5.83. The number of anilines is 1. The van der Waals surface area contributed by atoms with Crippen LogP contribution in [-0.2, 0) is 9.59 Å². The van der Waals surface area contributed by atoms with Gasteiger partial charge < -0.3 is 10.6 Å². The van der Waals surface area contributed by atoms with Gasteiger partial charge >= 0.3 is 0 Å². The van der Waals surface area contributed by atoms with Gasteiger partial charge in [-0.25, -0.2) is 0 Å². The van der Waals surface area contributed by atoms with Crippen LogP contribution in [0.1, 0.15) is 0 Å². The minimum absolute atomic E-state index is 0.0315. The minimum atomic E-state index is -0.101. The first-order valence-corrected chi connectivity index (χ1v) is 7.79. The molecule has 0 atom stereocenters. The molecule has 1 aromatic carbocycles. The van der Waals surface area contributed by atoms with E-state index in [1.807, 2.05) is 35.2 Å². The van der Waals surface area contributed by atoms with Gasteiger partial charge in [0.05, 0.1) is 18.8 Å². The van der Waals surface area contributed by atoms with Crippen LogP contribution in [0.15, 0.2) is 41.8 Å². The highest BCUT2D eigenvalue weighted by molar-refractivity contribution is 7.99. The zero-order chi connectivity index (χ0) is 15.1. The number of nitrogens with one attached hydrogen (secondary N) is 2. The normalized spacial score (nSPS) is 15.3. The van der Waals surface area contributed by atoms with E-state index in [-0.39, 0.29) is 24.9 Å². The number of rotatable bonds is 6. The number of carbonyl (C=O) groups is 2. The molecule has 2 amide bonds. The first kappa shape index (κ1) is 15.6. The van der Waals surface area contributed by atoms with Gasteiger partial charge in [0, 0.05) is 23.7 Å². The van der Waals surface area contributed by atoms with Crippen molar-refractivity contribution in [3.05, 3.63) is 36.9 Å². The second-order valence-corrected chi connectivity index (χ2v) is 5.77. The third-order valence-electron chi connectivity index (χ3n) is 3.00. The quantitative estimate of drug-likeness (QED) is 0.615. The molecule has 1 fully saturated rings. The SMILES string of the molecule is C=CCSc1ccccc1NC(=O)CN1CCNC(=O)C1. The maximum Gasteiger partial charge on any atom is 0.238 e. The highest BCUT2D eigenvalue weighted by Crippen LogP contribution is 2.26. The predicted molar refractivity (Wildman–Crippen MR) is 85.4 cm³/mol. The van der Waals surface area contributed by atoms with Gasteiger partial charge in [-0.3, -0.25) is 14.5 Å². The maximum absolute atomic E-state index is 12.1. The molecule has 1 aliphatic heterocycles. The summed E-state index contributed by atoms with van der Waals surface area (Å²) in [7, 11) is 0. The standard InChI is InChI=1S/C15H19N3O2S/c1-2-9-21-13-6-4-3-5-12(13)17-15(20)11-18-8-7-16-14(19)10-18/h2-6H,1,7-11H2,(H,16,19)(H,17,20). The molecule has 0 aliphatic carbocycles. The maximum atomic E-state index is 12.1. The van der Waals surface area contributed by atoms with Crippen molar-refractivity contribution in [2.75, 3.05) is 37.2 Å². The minimum Gasteiger partial charge on any atom is -0.354 e. The number of benzene rings is 1. The van der Waals surface area contributed by atoms with Gasteiger partial charge in [0.1, 0.15) is 0 Å². The molecule has 6 heteroatoms. The molecule has 2 N–H and O–H groups in total. The van der Waals surface area contributed by atoms with Crippen LogP contribution in [0, 0.1) is 0 Å². The number of amides is 2. The fraction of sp³-hybridized carbons (Fsp3) is 0.333. The largest absolute Gasteiger partial charge is 0.354 e. The van der Waals surface area contributed by atoms with Crippen molar-refractivity contribution in [1.82, 2.24) is 10.2 Å². The summed E-state index contributed by atoms with van der Waals surface area (Å²) in [5.74, 6) is 0.659. The fourth-order valence-corrected chi connectivity index (χ4v) is 2.81. The average Bonchev–Trinajstić information content (AvgIpc) is 2.46. The molecule has 21 heavy (non-hydrogen) atoms. The van der Waals surface area contributed by atoms with E-state index in [2.05, 4.69) is 17.2 Å². The fourth-order valence-electron chi connectivity index (χ4n) is 2.06. The summed E-state index contributed by atoms with van der Waals surface area (Å²) in [4.78, 5) is 26.2. The zero-order valence-electron chi connectivity index (χ0n) is 11.8. The molecule has 0 unspecified atom stereocenters. The summed E-state index contributed by atoms with van der Waals surface area (Å²) in [5, 5.41) is 5.66. The summed E-state index contributed by atoms with van der Waals surface area (Å²) >= 11 is 1.62. The van der Waals surface area contributed by atoms with Crippen LogP contribution in [0.3, 0.4) is 0 Å². The van der Waals surface area contributed by atoms with Crippen molar-refractivity contribution >= 4 is 29.3 Å². The van der Waals surface area contributed by atoms with Gasteiger partial charge in [-0.1, -0.05) is 18.2 Å². The van der Waals surface area contributed by atoms with E-state index in [9.17, 15) is 9.59 Å². The summed E-state index contributed by atoms with van der Waals surface area (Å²) < 4.78 is 0. The van der Waals surface area contributed by atoms with Crippen LogP contribution in [0.2, 0.25) is 0 Å². The Morgan fingerprint density at radius 3 is 3.05 bits per heavy atom. The number of carbonyl (C=O) groups excluding carboxylic acids is 2. The Morgan fingerprint density at radius 2 is 2.29 bits per heavy atom. The van der Waals surface area contributed by atoms with Crippen molar-refractivity contribution in [3.63, 3.8) is 0 Å². The lowest BCUT2D eigenvalue weighted by Crippen LogP contribution is -2.49. The van der Waals surface area contributed by atoms with E-state index >= 15 is 0 Å². The Balaban J connectivity index is 1.92. The summed E-state index contributed by atoms with van der Waals surface area (Å²) in [6.45, 7) is 5.50. The van der Waals surface area contributed by atoms with Crippen LogP contribution < -0.4 is 10.6 Å². The van der Waals surface area contributed by atoms with E-state index < -0.39 is 0 Å². The van der Waals surface area contributed by atoms with E-state index in [0.29, 0.717) is 13.1 Å². The van der Waals surface area contributed by atoms with E-state index in [0.717, 1.165) is 16.3 Å². The molecule has 1 aliphatic rings. The Labute approximate surface area is 128 Å². The van der Waals surface area contributed by atoms with Crippen LogP contribution >= 0.6 is 11.8 Å². The lowest BCUT2D eigenvalue weighted by molar-refractivity contribution is -0.125. The highest BCUT2D eigenvalue weighted by Gasteiger charge is 2.18. The van der Waals surface area contributed by atoms with Gasteiger partial charge in [-0.2, -0.15) is 0 Å². The molecule has 1 aromatic rings. The van der Waals surface area contributed by atoms with Crippen LogP contribution in [0.25, 0.3) is 0 Å². The number of hydrogen-bond donors (Lipinski definition) is 2. The number of nitrogens with zero attached hydrogens (tertiary/aromatic N) is 1. The number of thioether (sulfide) groups is 1. The second-order valence-electron chi connectivity index (χ2n) is 4.70. The van der Waals surface area contributed by atoms with Crippen LogP contribution in [-0.4, -0.2) is 48.6 Å². The number of piperazine rings is 1. The van der Waals surface area contributed by atoms with Gasteiger partial charge in [0.2, 0.25) is 11.8 Å². The summed E-state index contributed by atoms with van der Waals surface area (Å²) in [6.07, 6.45) is 1.83. The molecule has 1 saturated heterocycles. The first-order valence-electron chi connectivity index (χ1n) is 6.80. The monoisotopic (exact) mass is 305 g/mol. The average molecular weight is 305 g/mol. The van der Waals surface area contributed by atoms with Crippen molar-refractivity contribution in [3.8, 4) is 0 Å². The van der Waals surface area contributed by atoms with Gasteiger partial charge in [0.25, 0.3) is 0 Å². The molecule has 0 saturated carbocycles. The van der Waals surface area contributed by atoms with Crippen molar-refractivity contribution < 1.29 is 9.59 Å². The molecule has 0 bridgehead atoms. The van der Waals surface area contributed by atoms with E-state index in [4.69, 9.17) is 0 Å². The van der Waals surface area contributed by atoms with Crippen molar-refractivity contribution in [2.45, 2.75) is 4.90 Å². The second kappa shape index (κ2) is 7.85. The Morgan fingerprint density at radius 1 is 1.48 bits per heavy atom. The molecule has 112 valence electrons. The third-order valence-corrected chi connectivity index (χ3v) is 4.07. The first-order chi connectivity index (χ1) is 10.2. The van der Waals surface area contributed by atoms with Crippen molar-refractivity contribution in [2.24, 2.45) is 0 Å². The molecule has 0 radical (unpaired) electrons. The molecule has 2 rings (SSSR count). The molecule has 1 heterocycles. The number of hydrogen-bond acceptors (Lipinski definition) is 4. The molecular weight excluding hydrogens is 286 g/mol. The smallest absolute Gasteiger partial charge is 0.238 e. The summed E-state index contributed by atoms with van der Waals surface area (Å²) in [6, 6.07) is 7.68. The highest BCUT2D eigenvalue weighted by atomic mass is 32.2. The van der Waals surface area contributed by atoms with Gasteiger partial charge in [0.15, 0.2) is 0 Å². The molecule has 5 nitrogen and oxygen atoms in total. The Bertz CT molecular complexity index is 533. The molecule has 0 aromatic heterocycles. The van der Waals surface area contributed by atoms with Crippen molar-refractivity contribution in [1.29, 1.82) is 0 Å². The lowest BCUT2D eigenvalue weighted by atomic mass is 10.3. The topological polar surface area (TPSA) is 61.4 Å². The van der Waals surface area contributed by atoms with E-state index in [1.165, 1.54) is 0 Å². The summed E-state index contributed by atoms with van der Waals surface area (Å²) in [5.41, 5.74) is 0.802. The van der Waals surface area contributed by atoms with E-state index in [1.54, 1.807) is 11.8 Å². The van der Waals surface area contributed by atoms with Crippen LogP contribution in [0.4, 0.5) is 5.69 Å². The predicted octanol–water partition coefficient (Wildman–Crippen LogP) is 1.33. The van der Waals surface area contributed by atoms with Gasteiger partial charge in [-0.05, 0) is 12.1 Å². The zero-order valence-corrected chi connectivity index (χ0v) is 12.6. The molecule has 0 spiro atoms. The lowest BCUT2D eigenvalue weighted by Gasteiger charge is -2.25. The van der Waals surface area contributed by atoms with Crippen LogP contribution in [0.5, 0.6) is 0 Å². The molecular formula is C15H19N3O2S. The third kappa shape index (κ3) is 4.91. The number of para-hydroxylation sites is 1. The van der Waals surface area contributed by atoms with Gasteiger partial charge in [-0.15, -0.1) is 18.3 Å². The Hall–Kier alpha value is -1.79.